The topological polar surface area (TPSA) is 40.6 Å². The summed E-state index contributed by atoms with van der Waals surface area (Å²) in [5.41, 5.74) is 0. The Bertz CT molecular complexity index is 394. The van der Waals surface area contributed by atoms with E-state index >= 15 is 0 Å². The molecule has 0 N–H and O–H groups in total. The first-order valence-electron chi connectivity index (χ1n) is 8.76. The number of carbonyl (C=O) groups excluding carboxylic acids is 2. The molecule has 0 aromatic rings. The van der Waals surface area contributed by atoms with Crippen molar-refractivity contribution in [1.29, 1.82) is 0 Å². The van der Waals surface area contributed by atoms with Gasteiger partial charge in [-0.1, -0.05) is 27.2 Å². The van der Waals surface area contributed by atoms with E-state index in [1.807, 2.05) is 9.80 Å². The fourth-order valence-corrected chi connectivity index (χ4v) is 4.93. The summed E-state index contributed by atoms with van der Waals surface area (Å²) in [6, 6.07) is -0.226. The lowest BCUT2D eigenvalue weighted by Gasteiger charge is -2.32. The molecule has 0 bridgehead atoms. The average Bonchev–Trinajstić information content (AvgIpc) is 3.12. The van der Waals surface area contributed by atoms with Crippen molar-refractivity contribution in [2.24, 2.45) is 5.92 Å². The molecule has 4 nitrogen and oxygen atoms in total. The van der Waals surface area contributed by atoms with Crippen LogP contribution in [0.4, 0.5) is 0 Å². The van der Waals surface area contributed by atoms with Crippen molar-refractivity contribution < 1.29 is 9.59 Å². The van der Waals surface area contributed by atoms with Gasteiger partial charge in [0.25, 0.3) is 0 Å². The van der Waals surface area contributed by atoms with Crippen LogP contribution >= 0.6 is 11.8 Å². The maximum Gasteiger partial charge on any atom is 0.246 e. The fraction of sp³-hybridized carbons (Fsp3) is 0.882. The fourth-order valence-electron chi connectivity index (χ4n) is 3.28. The molecular weight excluding hydrogens is 296 g/mol. The van der Waals surface area contributed by atoms with Gasteiger partial charge < -0.3 is 9.80 Å². The molecule has 22 heavy (non-hydrogen) atoms. The molecule has 0 radical (unpaired) electrons. The number of carbonyl (C=O) groups is 2. The third-order valence-corrected chi connectivity index (χ3v) is 5.81. The maximum absolute atomic E-state index is 12.8. The molecule has 0 saturated carbocycles. The van der Waals surface area contributed by atoms with E-state index in [1.54, 1.807) is 11.8 Å². The minimum Gasteiger partial charge on any atom is -0.341 e. The van der Waals surface area contributed by atoms with Crippen molar-refractivity contribution in [3.8, 4) is 0 Å². The number of likely N-dealkylation sites (tertiary alicyclic amines) is 1. The first kappa shape index (κ1) is 17.6. The van der Waals surface area contributed by atoms with E-state index in [0.29, 0.717) is 12.3 Å². The van der Waals surface area contributed by atoms with E-state index in [-0.39, 0.29) is 23.2 Å². The molecule has 2 unspecified atom stereocenters. The zero-order valence-electron chi connectivity index (χ0n) is 14.2. The number of hydrogen-bond donors (Lipinski definition) is 0. The van der Waals surface area contributed by atoms with Crippen LogP contribution < -0.4 is 0 Å². The Morgan fingerprint density at radius 3 is 2.50 bits per heavy atom. The highest BCUT2D eigenvalue weighted by Crippen LogP contribution is 2.35. The molecule has 0 aromatic heterocycles. The third kappa shape index (κ3) is 4.18. The minimum absolute atomic E-state index is 0.176. The van der Waals surface area contributed by atoms with Crippen LogP contribution in [0.2, 0.25) is 0 Å². The van der Waals surface area contributed by atoms with E-state index in [0.717, 1.165) is 50.9 Å². The van der Waals surface area contributed by atoms with Crippen molar-refractivity contribution in [2.75, 3.05) is 18.8 Å². The summed E-state index contributed by atoms with van der Waals surface area (Å²) in [5, 5.41) is 0.181. The van der Waals surface area contributed by atoms with Crippen LogP contribution in [-0.2, 0) is 9.59 Å². The molecule has 126 valence electrons. The molecule has 2 heterocycles. The number of unbranched alkanes of at least 4 members (excludes halogenated alkanes) is 1. The largest absolute Gasteiger partial charge is 0.341 e. The molecule has 2 aliphatic rings. The average molecular weight is 327 g/mol. The number of hydrogen-bond acceptors (Lipinski definition) is 3. The molecule has 2 rings (SSSR count). The van der Waals surface area contributed by atoms with Crippen LogP contribution in [0.1, 0.15) is 59.3 Å². The summed E-state index contributed by atoms with van der Waals surface area (Å²) in [4.78, 5) is 29.3. The Labute approximate surface area is 139 Å². The Hall–Kier alpha value is -0.710. The quantitative estimate of drug-likeness (QED) is 0.753. The summed E-state index contributed by atoms with van der Waals surface area (Å²) in [5.74, 6) is 1.67. The van der Waals surface area contributed by atoms with Gasteiger partial charge in [-0.2, -0.15) is 0 Å². The lowest BCUT2D eigenvalue weighted by atomic mass is 10.1. The Kier molecular flexibility index (Phi) is 6.60. The summed E-state index contributed by atoms with van der Waals surface area (Å²) in [6.07, 6.45) is 5.70. The standard InChI is InChI=1S/C17H30N2O2S/c1-4-5-8-15(20)19-14(12-22-16(19)11-13(2)3)17(21)18-9-6-7-10-18/h13-14,16H,4-12H2,1-3H3. The highest BCUT2D eigenvalue weighted by Gasteiger charge is 2.42. The Balaban J connectivity index is 2.08. The predicted octanol–water partition coefficient (Wildman–Crippen LogP) is 3.12. The van der Waals surface area contributed by atoms with Crippen molar-refractivity contribution in [1.82, 2.24) is 9.80 Å². The molecular formula is C17H30N2O2S. The lowest BCUT2D eigenvalue weighted by molar-refractivity contribution is -0.144. The summed E-state index contributed by atoms with van der Waals surface area (Å²) < 4.78 is 0. The summed E-state index contributed by atoms with van der Waals surface area (Å²) in [6.45, 7) is 8.21. The second kappa shape index (κ2) is 8.23. The first-order chi connectivity index (χ1) is 10.5. The van der Waals surface area contributed by atoms with Gasteiger partial charge in [0.1, 0.15) is 6.04 Å². The minimum atomic E-state index is -0.226. The highest BCUT2D eigenvalue weighted by molar-refractivity contribution is 8.00. The number of rotatable bonds is 6. The zero-order chi connectivity index (χ0) is 16.1. The van der Waals surface area contributed by atoms with Crippen LogP contribution in [0.3, 0.4) is 0 Å². The molecule has 2 saturated heterocycles. The van der Waals surface area contributed by atoms with Crippen molar-refractivity contribution in [3.05, 3.63) is 0 Å². The van der Waals surface area contributed by atoms with E-state index in [1.165, 1.54) is 0 Å². The smallest absolute Gasteiger partial charge is 0.246 e. The first-order valence-corrected chi connectivity index (χ1v) is 9.81. The lowest BCUT2D eigenvalue weighted by Crippen LogP contribution is -2.50. The van der Waals surface area contributed by atoms with Gasteiger partial charge in [-0.25, -0.2) is 0 Å². The monoisotopic (exact) mass is 326 g/mol. The summed E-state index contributed by atoms with van der Waals surface area (Å²) >= 11 is 1.79. The van der Waals surface area contributed by atoms with Gasteiger partial charge in [0, 0.05) is 25.3 Å². The molecule has 2 atom stereocenters. The maximum atomic E-state index is 12.8. The molecule has 5 heteroatoms. The van der Waals surface area contributed by atoms with Crippen LogP contribution in [0.25, 0.3) is 0 Å². The molecule has 0 aliphatic carbocycles. The van der Waals surface area contributed by atoms with E-state index in [2.05, 4.69) is 20.8 Å². The van der Waals surface area contributed by atoms with Crippen LogP contribution in [0, 0.1) is 5.92 Å². The van der Waals surface area contributed by atoms with Gasteiger partial charge in [0.2, 0.25) is 11.8 Å². The number of thioether (sulfide) groups is 1. The van der Waals surface area contributed by atoms with E-state index < -0.39 is 0 Å². The molecule has 0 aromatic carbocycles. The Morgan fingerprint density at radius 1 is 1.23 bits per heavy atom. The number of nitrogens with zero attached hydrogens (tertiary/aromatic N) is 2. The zero-order valence-corrected chi connectivity index (χ0v) is 15.0. The molecule has 0 spiro atoms. The highest BCUT2D eigenvalue weighted by atomic mass is 32.2. The van der Waals surface area contributed by atoms with E-state index in [4.69, 9.17) is 0 Å². The van der Waals surface area contributed by atoms with Gasteiger partial charge in [0.15, 0.2) is 0 Å². The van der Waals surface area contributed by atoms with Gasteiger partial charge in [-0.3, -0.25) is 9.59 Å². The van der Waals surface area contributed by atoms with Crippen molar-refractivity contribution >= 4 is 23.6 Å². The van der Waals surface area contributed by atoms with E-state index in [9.17, 15) is 9.59 Å². The second-order valence-corrected chi connectivity index (χ2v) is 8.08. The van der Waals surface area contributed by atoms with Crippen molar-refractivity contribution in [3.63, 3.8) is 0 Å². The predicted molar refractivity (Wildman–Crippen MR) is 91.7 cm³/mol. The van der Waals surface area contributed by atoms with Crippen LogP contribution in [0.5, 0.6) is 0 Å². The summed E-state index contributed by atoms with van der Waals surface area (Å²) in [7, 11) is 0. The second-order valence-electron chi connectivity index (χ2n) is 6.87. The molecule has 2 amide bonds. The third-order valence-electron chi connectivity index (χ3n) is 4.50. The molecule has 2 fully saturated rings. The van der Waals surface area contributed by atoms with Crippen LogP contribution in [-0.4, -0.2) is 51.9 Å². The number of amides is 2. The molecule has 2 aliphatic heterocycles. The van der Waals surface area contributed by atoms with Gasteiger partial charge in [-0.05, 0) is 31.6 Å². The SMILES string of the molecule is CCCCC(=O)N1C(CC(C)C)SCC1C(=O)N1CCCC1. The van der Waals surface area contributed by atoms with Crippen LogP contribution in [0.15, 0.2) is 0 Å². The van der Waals surface area contributed by atoms with Gasteiger partial charge >= 0.3 is 0 Å². The Morgan fingerprint density at radius 2 is 1.91 bits per heavy atom. The normalized spacial score (nSPS) is 25.3. The van der Waals surface area contributed by atoms with Crippen molar-refractivity contribution in [2.45, 2.75) is 70.7 Å². The van der Waals surface area contributed by atoms with Gasteiger partial charge in [0.05, 0.1) is 5.37 Å². The van der Waals surface area contributed by atoms with Gasteiger partial charge in [-0.15, -0.1) is 11.8 Å².